The number of methoxy groups -OCH3 is 1. The summed E-state index contributed by atoms with van der Waals surface area (Å²) < 4.78 is 82.2. The Labute approximate surface area is 567 Å². The summed E-state index contributed by atoms with van der Waals surface area (Å²) in [5.74, 6) is -2.99. The number of hydrogen-bond donors (Lipinski definition) is 4. The number of aromatic nitrogens is 7. The lowest BCUT2D eigenvalue weighted by atomic mass is 9.72. The summed E-state index contributed by atoms with van der Waals surface area (Å²) in [6.45, 7) is 19.6. The van der Waals surface area contributed by atoms with E-state index in [9.17, 15) is 36.3 Å². The number of amides is 3. The zero-order valence-corrected chi connectivity index (χ0v) is 57.5. The maximum Gasteiger partial charge on any atom is 0.417 e. The molecule has 510 valence electrons. The average Bonchev–Trinajstić information content (AvgIpc) is 1.38. The standard InChI is InChI=1S/C37H51F2N5O4S.C25H22F3N7OS.C8H9NS/c1-24-31(49-23-41-24)26-9-7-25(8-10-26)19-40-33(46)29-6-5-16-44(29)34(47)32(35(2,3)4)42-30(45)21-48-28-11-13-36(14-12-28)15-17-43(22-36)20-27-18-37(27,38)39;1-11-7-16-15(8-30-34-16)17(19(11)25(26,27)28)20-21-14(5-6-29-20)18-22(32-24(36-2)33-23(18)37-21)35-9-12-3-4-13(10-35)31-12;1-3-4-7(2)8-5-9-6-10-8/h7-10,23,27-29,32H,5-6,11-22H2,1-4H3,(H,40,46)(H,42,45);5-8,12-13,31H,3-4,9-10H2,1-2H3,(H,30,34);3-6H,2H2,1H3/b;;4-3-. The topological polar surface area (TPSA) is 209 Å². The fraction of sp³-hybridized carbons (Fsp3) is 0.500. The van der Waals surface area contributed by atoms with Crippen molar-refractivity contribution in [3.05, 3.63) is 112 Å². The Morgan fingerprint density at radius 2 is 1.68 bits per heavy atom. The van der Waals surface area contributed by atoms with Crippen LogP contribution in [0.25, 0.3) is 58.5 Å². The molecule has 2 saturated carbocycles. The van der Waals surface area contributed by atoms with Crippen molar-refractivity contribution in [2.45, 2.75) is 155 Å². The van der Waals surface area contributed by atoms with Crippen molar-refractivity contribution in [3.63, 3.8) is 0 Å². The van der Waals surface area contributed by atoms with Gasteiger partial charge in [0.1, 0.15) is 29.3 Å². The third-order valence-corrected chi connectivity index (χ3v) is 22.5. The number of allylic oxidation sites excluding steroid dienone is 3. The highest BCUT2D eigenvalue weighted by molar-refractivity contribution is 7.26. The average molecular weight is 1380 g/mol. The first-order chi connectivity index (χ1) is 45.9. The van der Waals surface area contributed by atoms with Gasteiger partial charge in [0, 0.05) is 92.4 Å². The van der Waals surface area contributed by atoms with Gasteiger partial charge in [-0.15, -0.1) is 34.0 Å². The van der Waals surface area contributed by atoms with Crippen molar-refractivity contribution >= 4 is 94.3 Å². The SMILES string of the molecule is C=C(/C=C\C)c1cncs1.COc1nc(N2CC3CCC(C2)N3)c2c(n1)sc1c(-c3c(C(F)(F)F)c(C)cc4[nH]ncc34)nccc12.Cc1ncsc1-c1ccc(CNC(=O)C2CCCN2C(=O)C(NC(=O)COC2CCC3(CC2)CCN(CC2CC2(F)F)C3)C(C)(C)C)cc1. The van der Waals surface area contributed by atoms with Crippen LogP contribution < -0.4 is 25.6 Å². The van der Waals surface area contributed by atoms with Crippen LogP contribution >= 0.6 is 34.0 Å². The van der Waals surface area contributed by atoms with Gasteiger partial charge in [-0.2, -0.15) is 28.2 Å². The summed E-state index contributed by atoms with van der Waals surface area (Å²) in [6.07, 6.45) is 12.3. The van der Waals surface area contributed by atoms with Crippen molar-refractivity contribution in [1.29, 1.82) is 0 Å². The zero-order valence-electron chi connectivity index (χ0n) is 55.1. The molecular weight excluding hydrogens is 1290 g/mol. The molecule has 4 N–H and O–H groups in total. The van der Waals surface area contributed by atoms with Gasteiger partial charge in [0.25, 0.3) is 5.92 Å². The van der Waals surface area contributed by atoms with E-state index in [2.05, 4.69) is 62.5 Å². The number of halogens is 5. The Bertz CT molecular complexity index is 4150. The van der Waals surface area contributed by atoms with Crippen LogP contribution in [-0.2, 0) is 31.8 Å². The van der Waals surface area contributed by atoms with Crippen molar-refractivity contribution < 1.29 is 45.8 Å². The molecule has 26 heteroatoms. The Hall–Kier alpha value is -7.36. The Balaban J connectivity index is 0.000000164. The van der Waals surface area contributed by atoms with Crippen molar-refractivity contribution in [3.8, 4) is 27.7 Å². The molecule has 6 aromatic heterocycles. The van der Waals surface area contributed by atoms with Gasteiger partial charge in [0.2, 0.25) is 17.7 Å². The van der Waals surface area contributed by atoms with E-state index in [-0.39, 0.29) is 65.1 Å². The van der Waals surface area contributed by atoms with Gasteiger partial charge < -0.3 is 40.1 Å². The summed E-state index contributed by atoms with van der Waals surface area (Å²) in [4.78, 5) is 71.5. The first kappa shape index (κ1) is 68.6. The predicted molar refractivity (Wildman–Crippen MR) is 367 cm³/mol. The van der Waals surface area contributed by atoms with Gasteiger partial charge in [-0.3, -0.25) is 29.5 Å². The van der Waals surface area contributed by atoms with E-state index in [4.69, 9.17) is 14.5 Å². The van der Waals surface area contributed by atoms with Gasteiger partial charge >= 0.3 is 12.2 Å². The minimum absolute atomic E-state index is 0.0228. The second-order valence-corrected chi connectivity index (χ2v) is 30.2. The predicted octanol–water partition coefficient (Wildman–Crippen LogP) is 13.4. The number of alkyl halides is 5. The van der Waals surface area contributed by atoms with Gasteiger partial charge in [-0.1, -0.05) is 63.8 Å². The van der Waals surface area contributed by atoms with E-state index in [1.54, 1.807) is 33.8 Å². The number of H-pyrrole nitrogens is 1. The van der Waals surface area contributed by atoms with Gasteiger partial charge in [-0.25, -0.2) is 13.8 Å². The molecule has 4 aliphatic heterocycles. The number of anilines is 1. The minimum Gasteiger partial charge on any atom is -0.467 e. The van der Waals surface area contributed by atoms with Crippen LogP contribution in [0.4, 0.5) is 27.8 Å². The second kappa shape index (κ2) is 28.2. The lowest BCUT2D eigenvalue weighted by molar-refractivity contribution is -0.145. The summed E-state index contributed by atoms with van der Waals surface area (Å²) >= 11 is 4.52. The molecule has 96 heavy (non-hydrogen) atoms. The number of piperazine rings is 1. The highest BCUT2D eigenvalue weighted by Crippen LogP contribution is 2.52. The molecule has 3 amide bonds. The lowest BCUT2D eigenvalue weighted by Crippen LogP contribution is -2.58. The van der Waals surface area contributed by atoms with E-state index in [0.717, 1.165) is 120 Å². The van der Waals surface area contributed by atoms with E-state index < -0.39 is 41.1 Å². The number of aryl methyl sites for hydroxylation is 2. The van der Waals surface area contributed by atoms with Crippen LogP contribution in [0.15, 0.2) is 84.7 Å². The molecule has 18 nitrogen and oxygen atoms in total. The van der Waals surface area contributed by atoms with E-state index >= 15 is 0 Å². The molecule has 5 unspecified atom stereocenters. The highest BCUT2D eigenvalue weighted by atomic mass is 32.1. The van der Waals surface area contributed by atoms with E-state index in [1.807, 2.05) is 94.3 Å². The number of aromatic amines is 1. The molecule has 6 fully saturated rings. The summed E-state index contributed by atoms with van der Waals surface area (Å²) in [5.41, 5.74) is 7.52. The molecule has 2 bridgehead atoms. The normalized spacial score (nSPS) is 22.7. The number of carbonyl (C=O) groups is 3. The number of thiophene rings is 1. The molecule has 14 rings (SSSR count). The second-order valence-electron chi connectivity index (χ2n) is 27.5. The van der Waals surface area contributed by atoms with Crippen LogP contribution in [0.1, 0.15) is 119 Å². The Morgan fingerprint density at radius 1 is 0.927 bits per heavy atom. The number of hydrogen-bond acceptors (Lipinski definition) is 17. The van der Waals surface area contributed by atoms with E-state index in [0.29, 0.717) is 65.0 Å². The molecule has 2 aromatic carbocycles. The minimum atomic E-state index is -4.57. The monoisotopic (exact) mass is 1380 g/mol. The molecule has 4 saturated heterocycles. The van der Waals surface area contributed by atoms with Crippen molar-refractivity contribution in [1.82, 2.24) is 60.9 Å². The lowest BCUT2D eigenvalue weighted by Gasteiger charge is -2.37. The number of ether oxygens (including phenoxy) is 2. The molecular formula is C70H82F5N13O5S3. The highest BCUT2D eigenvalue weighted by Gasteiger charge is 2.58. The third kappa shape index (κ3) is 15.0. The number of carbonyl (C=O) groups excluding carboxylic acids is 3. The van der Waals surface area contributed by atoms with Crippen LogP contribution in [0.3, 0.4) is 0 Å². The van der Waals surface area contributed by atoms with Crippen LogP contribution in [-0.4, -0.2) is 152 Å². The van der Waals surface area contributed by atoms with Crippen molar-refractivity contribution in [2.75, 3.05) is 57.9 Å². The number of likely N-dealkylation sites (tertiary alicyclic amines) is 2. The number of nitrogens with one attached hydrogen (secondary N) is 4. The first-order valence-corrected chi connectivity index (χ1v) is 35.4. The van der Waals surface area contributed by atoms with Crippen LogP contribution in [0.2, 0.25) is 0 Å². The fourth-order valence-corrected chi connectivity index (χ4v) is 17.0. The molecule has 10 heterocycles. The summed E-state index contributed by atoms with van der Waals surface area (Å²) in [7, 11) is 1.52. The van der Waals surface area contributed by atoms with Gasteiger partial charge in [-0.05, 0) is 130 Å². The number of rotatable bonds is 16. The molecule has 5 atom stereocenters. The Morgan fingerprint density at radius 3 is 2.33 bits per heavy atom. The quantitative estimate of drug-likeness (QED) is 0.0524. The Kier molecular flexibility index (Phi) is 20.2. The van der Waals surface area contributed by atoms with Crippen LogP contribution in [0, 0.1) is 30.6 Å². The van der Waals surface area contributed by atoms with Crippen LogP contribution in [0.5, 0.6) is 6.01 Å². The number of benzene rings is 2. The zero-order chi connectivity index (χ0) is 67.8. The molecule has 2 aliphatic carbocycles. The number of nitrogens with zero attached hydrogens (tertiary/aromatic N) is 9. The third-order valence-electron chi connectivity index (χ3n) is 19.6. The molecule has 1 spiro atoms. The van der Waals surface area contributed by atoms with Gasteiger partial charge in [0.05, 0.1) is 72.7 Å². The fourth-order valence-electron chi connectivity index (χ4n) is 14.4. The largest absolute Gasteiger partial charge is 0.467 e. The molecule has 8 aromatic rings. The smallest absolute Gasteiger partial charge is 0.417 e. The maximum atomic E-state index is 14.4. The first-order valence-electron chi connectivity index (χ1n) is 32.9. The number of thiazole rings is 2. The van der Waals surface area contributed by atoms with E-state index in [1.165, 1.54) is 37.6 Å². The molecule has 6 aliphatic rings. The van der Waals surface area contributed by atoms with Crippen molar-refractivity contribution in [2.24, 2.45) is 16.7 Å². The summed E-state index contributed by atoms with van der Waals surface area (Å²) in [5, 5.41) is 18.4. The molecule has 0 radical (unpaired) electrons. The number of fused-ring (bicyclic) bond motifs is 6. The summed E-state index contributed by atoms with van der Waals surface area (Å²) in [6, 6.07) is 11.0. The maximum absolute atomic E-state index is 14.4. The number of pyridine rings is 1. The van der Waals surface area contributed by atoms with Gasteiger partial charge in [0.15, 0.2) is 0 Å².